The number of ether oxygens (including phenoxy) is 1. The number of aliphatic imine (C=N–C) groups is 1. The summed E-state index contributed by atoms with van der Waals surface area (Å²) in [4.78, 5) is 21.5. The Labute approximate surface area is 179 Å². The molecule has 1 aromatic rings. The molecule has 1 aliphatic carbocycles. The largest absolute Gasteiger partial charge is 0.461 e. The van der Waals surface area contributed by atoms with E-state index in [2.05, 4.69) is 9.89 Å². The number of carbonyl (C=O) groups is 1. The Balaban J connectivity index is 1.48. The number of fused-ring (bicyclic) bond motifs is 1. The summed E-state index contributed by atoms with van der Waals surface area (Å²) in [5, 5.41) is 11.1. The number of hydrogen-bond donors (Lipinski definition) is 1. The van der Waals surface area contributed by atoms with Crippen molar-refractivity contribution in [3.63, 3.8) is 0 Å². The second-order valence-electron chi connectivity index (χ2n) is 8.75. The fourth-order valence-electron chi connectivity index (χ4n) is 5.31. The summed E-state index contributed by atoms with van der Waals surface area (Å²) in [5.74, 6) is -0.531. The Morgan fingerprint density at radius 3 is 2.40 bits per heavy atom. The molecule has 3 aliphatic rings. The molecule has 0 aromatic heterocycles. The number of benzene rings is 1. The maximum absolute atomic E-state index is 12.4. The molecule has 2 aliphatic heterocycles. The molecule has 164 valence electrons. The van der Waals surface area contributed by atoms with Crippen LogP contribution in [-0.4, -0.2) is 59.7 Å². The highest BCUT2D eigenvalue weighted by atomic mass is 16.5. The number of rotatable bonds is 4. The van der Waals surface area contributed by atoms with Crippen LogP contribution < -0.4 is 4.90 Å². The van der Waals surface area contributed by atoms with Crippen LogP contribution in [0.1, 0.15) is 64.7 Å². The molecule has 1 atom stereocenters. The summed E-state index contributed by atoms with van der Waals surface area (Å²) in [6.45, 7) is 4.13. The van der Waals surface area contributed by atoms with Crippen molar-refractivity contribution in [1.29, 1.82) is 0 Å². The number of para-hydroxylation sites is 2. The lowest BCUT2D eigenvalue weighted by molar-refractivity contribution is -0.135. The van der Waals surface area contributed by atoms with Gasteiger partial charge in [0.05, 0.1) is 18.0 Å². The highest BCUT2D eigenvalue weighted by Crippen LogP contribution is 2.38. The Morgan fingerprint density at radius 1 is 1.03 bits per heavy atom. The molecule has 30 heavy (non-hydrogen) atoms. The molecule has 1 saturated heterocycles. The van der Waals surface area contributed by atoms with Crippen LogP contribution in [0.25, 0.3) is 0 Å². The standard InChI is InChI=1S/C24H35N3O3/c1-2-30-24(29)22-23(28)27(21-13-9-8-12-20(21)25-22)19-14-16-26(17-15-19)18-10-6-4-3-5-7-11-18/h8-9,12-13,18-19,23,28H,2-7,10-11,14-17H2,1H3. The van der Waals surface area contributed by atoms with E-state index >= 15 is 0 Å². The molecule has 0 radical (unpaired) electrons. The molecule has 2 fully saturated rings. The van der Waals surface area contributed by atoms with Gasteiger partial charge in [-0.05, 0) is 44.7 Å². The highest BCUT2D eigenvalue weighted by Gasteiger charge is 2.39. The van der Waals surface area contributed by atoms with Gasteiger partial charge in [0.2, 0.25) is 0 Å². The summed E-state index contributed by atoms with van der Waals surface area (Å²) in [6.07, 6.45) is 10.4. The summed E-state index contributed by atoms with van der Waals surface area (Å²) >= 11 is 0. The SMILES string of the molecule is CCOC(=O)C1=Nc2ccccc2N(C2CCN(C3CCCCCCC3)CC2)C1O. The van der Waals surface area contributed by atoms with E-state index in [0.717, 1.165) is 37.3 Å². The molecule has 6 nitrogen and oxygen atoms in total. The van der Waals surface area contributed by atoms with E-state index in [9.17, 15) is 9.90 Å². The second kappa shape index (κ2) is 9.92. The molecule has 0 amide bonds. The van der Waals surface area contributed by atoms with Crippen molar-refractivity contribution in [2.45, 2.75) is 83.0 Å². The summed E-state index contributed by atoms with van der Waals surface area (Å²) < 4.78 is 5.16. The number of carbonyl (C=O) groups excluding carboxylic acids is 1. The zero-order chi connectivity index (χ0) is 20.9. The molecule has 4 rings (SSSR count). The Bertz CT molecular complexity index is 750. The lowest BCUT2D eigenvalue weighted by atomic mass is 9.92. The van der Waals surface area contributed by atoms with Crippen LogP contribution in [0.15, 0.2) is 29.3 Å². The molecule has 1 unspecified atom stereocenters. The predicted octanol–water partition coefficient (Wildman–Crippen LogP) is 4.04. The van der Waals surface area contributed by atoms with Crippen molar-refractivity contribution in [3.05, 3.63) is 24.3 Å². The number of aliphatic hydroxyl groups excluding tert-OH is 1. The van der Waals surface area contributed by atoms with Crippen molar-refractivity contribution in [2.24, 2.45) is 4.99 Å². The van der Waals surface area contributed by atoms with E-state index in [1.54, 1.807) is 6.92 Å². The van der Waals surface area contributed by atoms with Crippen molar-refractivity contribution in [1.82, 2.24) is 4.90 Å². The maximum atomic E-state index is 12.4. The van der Waals surface area contributed by atoms with Crippen molar-refractivity contribution < 1.29 is 14.6 Å². The van der Waals surface area contributed by atoms with Crippen LogP contribution in [0.4, 0.5) is 11.4 Å². The molecule has 1 aromatic carbocycles. The Hall–Kier alpha value is -1.92. The zero-order valence-electron chi connectivity index (χ0n) is 18.1. The van der Waals surface area contributed by atoms with Crippen LogP contribution in [0.3, 0.4) is 0 Å². The van der Waals surface area contributed by atoms with Crippen LogP contribution in [0.5, 0.6) is 0 Å². The molecular weight excluding hydrogens is 378 g/mol. The van der Waals surface area contributed by atoms with Crippen molar-refractivity contribution >= 4 is 23.1 Å². The molecule has 6 heteroatoms. The minimum absolute atomic E-state index is 0.0954. The average Bonchev–Trinajstić information content (AvgIpc) is 2.74. The Kier molecular flexibility index (Phi) is 7.05. The van der Waals surface area contributed by atoms with Gasteiger partial charge in [0.1, 0.15) is 0 Å². The monoisotopic (exact) mass is 413 g/mol. The van der Waals surface area contributed by atoms with Crippen LogP contribution in [0, 0.1) is 0 Å². The van der Waals surface area contributed by atoms with E-state index in [-0.39, 0.29) is 18.4 Å². The smallest absolute Gasteiger partial charge is 0.357 e. The topological polar surface area (TPSA) is 65.4 Å². The van der Waals surface area contributed by atoms with Gasteiger partial charge in [0.15, 0.2) is 11.9 Å². The van der Waals surface area contributed by atoms with Crippen LogP contribution >= 0.6 is 0 Å². The van der Waals surface area contributed by atoms with Gasteiger partial charge in [-0.25, -0.2) is 9.79 Å². The average molecular weight is 414 g/mol. The lowest BCUT2D eigenvalue weighted by Crippen LogP contribution is -2.55. The van der Waals surface area contributed by atoms with Gasteiger partial charge in [-0.15, -0.1) is 0 Å². The van der Waals surface area contributed by atoms with E-state index < -0.39 is 12.2 Å². The first kappa shape index (κ1) is 21.3. The molecule has 2 heterocycles. The number of hydrogen-bond acceptors (Lipinski definition) is 6. The maximum Gasteiger partial charge on any atom is 0.357 e. The first-order valence-corrected chi connectivity index (χ1v) is 11.7. The predicted molar refractivity (Wildman–Crippen MR) is 119 cm³/mol. The number of likely N-dealkylation sites (tertiary alicyclic amines) is 1. The molecule has 1 saturated carbocycles. The summed E-state index contributed by atoms with van der Waals surface area (Å²) in [6, 6.07) is 8.67. The summed E-state index contributed by atoms with van der Waals surface area (Å²) in [5.41, 5.74) is 1.73. The first-order valence-electron chi connectivity index (χ1n) is 11.7. The minimum Gasteiger partial charge on any atom is -0.461 e. The number of aliphatic hydroxyl groups is 1. The molecular formula is C24H35N3O3. The molecule has 0 spiro atoms. The third kappa shape index (κ3) is 4.54. The number of esters is 1. The fraction of sp³-hybridized carbons (Fsp3) is 0.667. The van der Waals surface area contributed by atoms with E-state index in [4.69, 9.17) is 4.74 Å². The highest BCUT2D eigenvalue weighted by molar-refractivity contribution is 6.39. The van der Waals surface area contributed by atoms with E-state index in [0.29, 0.717) is 6.04 Å². The van der Waals surface area contributed by atoms with Gasteiger partial charge in [-0.2, -0.15) is 0 Å². The molecule has 0 bridgehead atoms. The summed E-state index contributed by atoms with van der Waals surface area (Å²) in [7, 11) is 0. The third-order valence-corrected chi connectivity index (χ3v) is 6.88. The second-order valence-corrected chi connectivity index (χ2v) is 8.75. The number of piperidine rings is 1. The Morgan fingerprint density at radius 2 is 1.70 bits per heavy atom. The van der Waals surface area contributed by atoms with Crippen molar-refractivity contribution in [3.8, 4) is 0 Å². The first-order chi connectivity index (χ1) is 14.7. The van der Waals surface area contributed by atoms with Gasteiger partial charge >= 0.3 is 5.97 Å². The van der Waals surface area contributed by atoms with Gasteiger partial charge in [-0.1, -0.05) is 44.2 Å². The number of anilines is 1. The van der Waals surface area contributed by atoms with Gasteiger partial charge in [-0.3, -0.25) is 0 Å². The number of nitrogens with zero attached hydrogens (tertiary/aromatic N) is 3. The zero-order valence-corrected chi connectivity index (χ0v) is 18.1. The van der Waals surface area contributed by atoms with Crippen LogP contribution in [0.2, 0.25) is 0 Å². The van der Waals surface area contributed by atoms with Gasteiger partial charge in [0.25, 0.3) is 0 Å². The van der Waals surface area contributed by atoms with E-state index in [1.165, 1.54) is 44.9 Å². The van der Waals surface area contributed by atoms with Gasteiger partial charge in [0, 0.05) is 25.2 Å². The van der Waals surface area contributed by atoms with E-state index in [1.807, 2.05) is 29.2 Å². The van der Waals surface area contributed by atoms with Crippen LogP contribution in [-0.2, 0) is 9.53 Å². The van der Waals surface area contributed by atoms with Gasteiger partial charge < -0.3 is 19.6 Å². The minimum atomic E-state index is -1.06. The normalized spacial score (nSPS) is 24.5. The quantitative estimate of drug-likeness (QED) is 0.755. The third-order valence-electron chi connectivity index (χ3n) is 6.88. The molecule has 1 N–H and O–H groups in total. The fourth-order valence-corrected chi connectivity index (χ4v) is 5.31. The lowest BCUT2D eigenvalue weighted by Gasteiger charge is -2.45. The van der Waals surface area contributed by atoms with Crippen molar-refractivity contribution in [2.75, 3.05) is 24.6 Å².